The van der Waals surface area contributed by atoms with Crippen molar-refractivity contribution in [2.75, 3.05) is 18.6 Å². The summed E-state index contributed by atoms with van der Waals surface area (Å²) in [6.07, 6.45) is -0.339. The summed E-state index contributed by atoms with van der Waals surface area (Å²) in [7, 11) is 1.45. The van der Waals surface area contributed by atoms with E-state index in [1.165, 1.54) is 25.3 Å². The van der Waals surface area contributed by atoms with Crippen LogP contribution in [0.4, 0.5) is 15.3 Å². The van der Waals surface area contributed by atoms with Gasteiger partial charge in [0.05, 0.1) is 18.4 Å². The van der Waals surface area contributed by atoms with Crippen molar-refractivity contribution >= 4 is 29.8 Å². The van der Waals surface area contributed by atoms with Crippen LogP contribution in [0, 0.1) is 0 Å². The largest absolute Gasteiger partial charge is 0.497 e. The van der Waals surface area contributed by atoms with Gasteiger partial charge in [-0.2, -0.15) is 0 Å². The van der Waals surface area contributed by atoms with Gasteiger partial charge in [-0.3, -0.25) is 9.69 Å². The van der Waals surface area contributed by atoms with Crippen LogP contribution >= 0.6 is 0 Å². The number of benzene rings is 2. The first kappa shape index (κ1) is 28.7. The molecule has 10 nitrogen and oxygen atoms in total. The van der Waals surface area contributed by atoms with Gasteiger partial charge in [0, 0.05) is 12.1 Å². The zero-order valence-corrected chi connectivity index (χ0v) is 23.8. The van der Waals surface area contributed by atoms with Crippen LogP contribution in [-0.2, 0) is 35.9 Å². The number of carbonyl (C=O) groups is 4. The van der Waals surface area contributed by atoms with E-state index in [0.29, 0.717) is 5.75 Å². The van der Waals surface area contributed by atoms with Crippen LogP contribution in [0.3, 0.4) is 0 Å². The predicted octanol–water partition coefficient (Wildman–Crippen LogP) is 5.09. The number of esters is 1. The molecule has 1 atom stereocenters. The fourth-order valence-corrected chi connectivity index (χ4v) is 4.70. The zero-order valence-electron chi connectivity index (χ0n) is 23.8. The summed E-state index contributed by atoms with van der Waals surface area (Å²) in [5.74, 6) is -1.33. The first-order chi connectivity index (χ1) is 18.7. The summed E-state index contributed by atoms with van der Waals surface area (Å²) in [5.41, 5.74) is -2.92. The van der Waals surface area contributed by atoms with Crippen molar-refractivity contribution < 1.29 is 38.1 Å². The number of carbonyl (C=O) groups excluding carboxylic acids is 4. The lowest BCUT2D eigenvalue weighted by Gasteiger charge is -2.36. The van der Waals surface area contributed by atoms with E-state index in [1.807, 2.05) is 18.2 Å². The molecule has 0 saturated heterocycles. The van der Waals surface area contributed by atoms with Crippen molar-refractivity contribution in [3.8, 4) is 5.75 Å². The molecule has 4 rings (SSSR count). The summed E-state index contributed by atoms with van der Waals surface area (Å²) < 4.78 is 22.2. The summed E-state index contributed by atoms with van der Waals surface area (Å²) >= 11 is 0. The highest BCUT2D eigenvalue weighted by molar-refractivity contribution is 6.25. The van der Waals surface area contributed by atoms with E-state index < -0.39 is 40.8 Å². The molecule has 2 aliphatic heterocycles. The Kier molecular flexibility index (Phi) is 7.40. The molecule has 0 bridgehead atoms. The minimum Gasteiger partial charge on any atom is -0.497 e. The van der Waals surface area contributed by atoms with Crippen LogP contribution in [0.15, 0.2) is 60.2 Å². The van der Waals surface area contributed by atoms with Crippen molar-refractivity contribution in [2.45, 2.75) is 64.9 Å². The second kappa shape index (κ2) is 10.3. The van der Waals surface area contributed by atoms with Gasteiger partial charge in [0.1, 0.15) is 23.6 Å². The van der Waals surface area contributed by atoms with Gasteiger partial charge in [0.15, 0.2) is 5.54 Å². The Morgan fingerprint density at radius 1 is 0.900 bits per heavy atom. The molecule has 1 unspecified atom stereocenters. The topological polar surface area (TPSA) is 112 Å². The normalized spacial score (nSPS) is 18.4. The fourth-order valence-electron chi connectivity index (χ4n) is 4.70. The van der Waals surface area contributed by atoms with Gasteiger partial charge in [-0.1, -0.05) is 36.4 Å². The Balaban J connectivity index is 1.87. The molecule has 212 valence electrons. The van der Waals surface area contributed by atoms with Crippen LogP contribution in [0.1, 0.15) is 52.7 Å². The van der Waals surface area contributed by atoms with Gasteiger partial charge in [-0.25, -0.2) is 19.3 Å². The number of imide groups is 1. The maximum absolute atomic E-state index is 14.5. The fraction of sp³-hybridized carbons (Fsp3) is 0.400. The lowest BCUT2D eigenvalue weighted by Crippen LogP contribution is -2.57. The van der Waals surface area contributed by atoms with E-state index in [0.717, 1.165) is 15.4 Å². The molecule has 0 N–H and O–H groups in total. The molecule has 10 heteroatoms. The molecule has 0 aromatic heterocycles. The van der Waals surface area contributed by atoms with E-state index in [9.17, 15) is 19.2 Å². The number of amides is 3. The minimum absolute atomic E-state index is 0.0610. The van der Waals surface area contributed by atoms with Gasteiger partial charge in [0.25, 0.3) is 5.91 Å². The van der Waals surface area contributed by atoms with Crippen LogP contribution < -0.4 is 9.64 Å². The van der Waals surface area contributed by atoms with Gasteiger partial charge in [-0.05, 0) is 65.3 Å². The summed E-state index contributed by atoms with van der Waals surface area (Å²) in [5, 5.41) is 0. The molecule has 2 heterocycles. The van der Waals surface area contributed by atoms with Crippen molar-refractivity contribution in [2.24, 2.45) is 0 Å². The molecule has 2 aromatic rings. The summed E-state index contributed by atoms with van der Waals surface area (Å²) in [6, 6.07) is 13.7. The molecule has 0 fully saturated rings. The second-order valence-corrected chi connectivity index (χ2v) is 11.5. The molecule has 0 saturated carbocycles. The number of anilines is 1. The number of hydrogen-bond donors (Lipinski definition) is 0. The average molecular weight is 551 g/mol. The maximum Gasteiger partial charge on any atom is 0.421 e. The number of hydrogen-bond acceptors (Lipinski definition) is 8. The quantitative estimate of drug-likeness (QED) is 0.382. The Morgan fingerprint density at radius 3 is 2.12 bits per heavy atom. The van der Waals surface area contributed by atoms with Crippen LogP contribution in [-0.4, -0.2) is 53.8 Å². The van der Waals surface area contributed by atoms with Crippen LogP contribution in [0.5, 0.6) is 5.75 Å². The molecule has 2 aliphatic rings. The SMILES string of the molecule is COc1ccc2c(c1)C1(C(=O)N2C(=O)OC(C)(C)C)C(C(=O)OCc2ccccc2)=CCN1C(=O)OC(C)(C)C. The molecule has 1 spiro atoms. The van der Waals surface area contributed by atoms with Crippen molar-refractivity contribution in [3.05, 3.63) is 71.3 Å². The molecular weight excluding hydrogens is 516 g/mol. The zero-order chi connectivity index (χ0) is 29.5. The number of fused-ring (bicyclic) bond motifs is 2. The molecular formula is C30H34N2O8. The summed E-state index contributed by atoms with van der Waals surface area (Å²) in [6.45, 7) is 9.88. The Bertz CT molecular complexity index is 1370. The first-order valence-electron chi connectivity index (χ1n) is 12.9. The Hall–Kier alpha value is -4.34. The van der Waals surface area contributed by atoms with E-state index in [-0.39, 0.29) is 30.0 Å². The first-order valence-corrected chi connectivity index (χ1v) is 12.9. The molecule has 0 aliphatic carbocycles. The minimum atomic E-state index is -2.06. The maximum atomic E-state index is 14.5. The third kappa shape index (κ3) is 5.25. The Morgan fingerprint density at radius 2 is 1.52 bits per heavy atom. The third-order valence-corrected chi connectivity index (χ3v) is 6.24. The molecule has 40 heavy (non-hydrogen) atoms. The lowest BCUT2D eigenvalue weighted by molar-refractivity contribution is -0.143. The third-order valence-electron chi connectivity index (χ3n) is 6.24. The van der Waals surface area contributed by atoms with Crippen molar-refractivity contribution in [1.29, 1.82) is 0 Å². The second-order valence-electron chi connectivity index (χ2n) is 11.5. The van der Waals surface area contributed by atoms with Gasteiger partial charge < -0.3 is 18.9 Å². The number of ether oxygens (including phenoxy) is 4. The van der Waals surface area contributed by atoms with E-state index in [1.54, 1.807) is 59.7 Å². The average Bonchev–Trinajstić information content (AvgIpc) is 3.38. The number of nitrogens with zero attached hydrogens (tertiary/aromatic N) is 2. The van der Waals surface area contributed by atoms with Crippen LogP contribution in [0.25, 0.3) is 0 Å². The van der Waals surface area contributed by atoms with Gasteiger partial charge in [0.2, 0.25) is 0 Å². The molecule has 0 radical (unpaired) electrons. The predicted molar refractivity (Wildman–Crippen MR) is 146 cm³/mol. The standard InChI is InChI=1S/C30H34N2O8/c1-28(2,3)39-26(35)31-16-15-21(24(33)38-18-19-11-9-8-10-12-19)30(31)22-17-20(37-7)13-14-23(22)32(25(30)34)27(36)40-29(4,5)6/h8-15,17H,16,18H2,1-7H3. The highest BCUT2D eigenvalue weighted by Crippen LogP contribution is 2.53. The van der Waals surface area contributed by atoms with Crippen molar-refractivity contribution in [3.63, 3.8) is 0 Å². The smallest absolute Gasteiger partial charge is 0.421 e. The van der Waals surface area contributed by atoms with Gasteiger partial charge >= 0.3 is 18.2 Å². The van der Waals surface area contributed by atoms with Crippen molar-refractivity contribution in [1.82, 2.24) is 4.90 Å². The van der Waals surface area contributed by atoms with Gasteiger partial charge in [-0.15, -0.1) is 0 Å². The number of rotatable bonds is 4. The van der Waals surface area contributed by atoms with E-state index in [4.69, 9.17) is 18.9 Å². The van der Waals surface area contributed by atoms with Crippen LogP contribution in [0.2, 0.25) is 0 Å². The number of methoxy groups -OCH3 is 1. The lowest BCUT2D eigenvalue weighted by atomic mass is 9.84. The molecule has 3 amide bonds. The highest BCUT2D eigenvalue weighted by Gasteiger charge is 2.65. The summed E-state index contributed by atoms with van der Waals surface area (Å²) in [4.78, 5) is 57.1. The monoisotopic (exact) mass is 550 g/mol. The van der Waals surface area contributed by atoms with E-state index in [2.05, 4.69) is 0 Å². The highest BCUT2D eigenvalue weighted by atomic mass is 16.6. The van der Waals surface area contributed by atoms with E-state index >= 15 is 0 Å². The Labute approximate surface area is 233 Å². The molecule has 2 aromatic carbocycles.